The zero-order valence-corrected chi connectivity index (χ0v) is 17.0. The Morgan fingerprint density at radius 3 is 2.43 bits per heavy atom. The number of fused-ring (bicyclic) bond motifs is 1. The third kappa shape index (κ3) is 4.07. The number of thioether (sulfide) groups is 1. The number of nitrogens with zero attached hydrogens (tertiary/aromatic N) is 3. The van der Waals surface area contributed by atoms with E-state index in [-0.39, 0.29) is 18.3 Å². The maximum atomic E-state index is 14.6. The first-order chi connectivity index (χ1) is 13.7. The van der Waals surface area contributed by atoms with Crippen LogP contribution in [-0.4, -0.2) is 27.0 Å². The zero-order valence-electron chi connectivity index (χ0n) is 16.1. The van der Waals surface area contributed by atoms with Gasteiger partial charge in [0, 0.05) is 42.2 Å². The van der Waals surface area contributed by atoms with Gasteiger partial charge in [0.05, 0.1) is 0 Å². The highest BCUT2D eigenvalue weighted by Crippen LogP contribution is 2.27. The molecule has 2 heterocycles. The Labute approximate surface area is 168 Å². The minimum Gasteiger partial charge on any atom is -0.330 e. The van der Waals surface area contributed by atoms with E-state index in [0.717, 1.165) is 16.7 Å². The molecule has 0 N–H and O–H groups in total. The first kappa shape index (κ1) is 20.0. The summed E-state index contributed by atoms with van der Waals surface area (Å²) in [6.07, 6.45) is 5.28. The minimum absolute atomic E-state index is 0.0508. The van der Waals surface area contributed by atoms with Crippen LogP contribution in [0.3, 0.4) is 0 Å². The third-order valence-corrected chi connectivity index (χ3v) is 5.03. The van der Waals surface area contributed by atoms with Crippen LogP contribution in [0.15, 0.2) is 60.0 Å². The lowest BCUT2D eigenvalue weighted by molar-refractivity contribution is 0.0765. The highest BCUT2D eigenvalue weighted by atomic mass is 32.2. The van der Waals surface area contributed by atoms with Crippen LogP contribution in [-0.2, 0) is 13.1 Å². The molecular weight excluding hydrogens is 373 g/mol. The second-order valence-electron chi connectivity index (χ2n) is 6.08. The Hall–Kier alpha value is -2.73. The molecule has 1 aromatic heterocycles. The summed E-state index contributed by atoms with van der Waals surface area (Å²) in [7, 11) is 0. The van der Waals surface area contributed by atoms with Crippen LogP contribution in [0.1, 0.15) is 35.3 Å². The summed E-state index contributed by atoms with van der Waals surface area (Å²) in [5.74, 6) is -0.384. The summed E-state index contributed by atoms with van der Waals surface area (Å²) >= 11 is 1.46. The molecule has 6 heteroatoms. The topological polar surface area (TPSA) is 46.1 Å². The lowest BCUT2D eigenvalue weighted by Gasteiger charge is -2.16. The molecule has 0 radical (unpaired) electrons. The molecule has 4 nitrogen and oxygen atoms in total. The van der Waals surface area contributed by atoms with Crippen LogP contribution >= 0.6 is 11.8 Å². The van der Waals surface area contributed by atoms with E-state index in [2.05, 4.69) is 9.97 Å². The molecule has 0 atom stereocenters. The van der Waals surface area contributed by atoms with Crippen molar-refractivity contribution in [2.45, 2.75) is 32.1 Å². The molecule has 1 aliphatic heterocycles. The molecule has 0 fully saturated rings. The molecule has 3 aromatic rings. The second kappa shape index (κ2) is 8.97. The first-order valence-electron chi connectivity index (χ1n) is 9.17. The fraction of sp³-hybridized carbons (Fsp3) is 0.227. The number of carbonyl (C=O) groups excluding carboxylic acids is 1. The molecule has 0 aliphatic carbocycles. The number of halogens is 1. The van der Waals surface area contributed by atoms with Crippen molar-refractivity contribution >= 4 is 17.7 Å². The Morgan fingerprint density at radius 1 is 1.07 bits per heavy atom. The van der Waals surface area contributed by atoms with Gasteiger partial charge in [0.15, 0.2) is 5.16 Å². The average molecular weight is 396 g/mol. The van der Waals surface area contributed by atoms with Crippen LogP contribution in [0.4, 0.5) is 4.39 Å². The highest BCUT2D eigenvalue weighted by molar-refractivity contribution is 7.98. The first-order valence-corrected chi connectivity index (χ1v) is 10.4. The molecular formula is C22H22FN3OS. The molecule has 0 bridgehead atoms. The van der Waals surface area contributed by atoms with Crippen molar-refractivity contribution in [3.63, 3.8) is 0 Å². The number of aromatic nitrogens is 2. The molecule has 144 valence electrons. The summed E-state index contributed by atoms with van der Waals surface area (Å²) in [6.45, 7) is 4.77. The van der Waals surface area contributed by atoms with Gasteiger partial charge >= 0.3 is 0 Å². The maximum Gasteiger partial charge on any atom is 0.254 e. The van der Waals surface area contributed by atoms with E-state index in [1.54, 1.807) is 23.4 Å². The molecule has 0 spiro atoms. The largest absolute Gasteiger partial charge is 0.330 e. The van der Waals surface area contributed by atoms with Gasteiger partial charge in [-0.3, -0.25) is 4.79 Å². The second-order valence-corrected chi connectivity index (χ2v) is 6.86. The molecule has 0 saturated carbocycles. The van der Waals surface area contributed by atoms with Gasteiger partial charge in [-0.2, -0.15) is 0 Å². The van der Waals surface area contributed by atoms with Gasteiger partial charge in [-0.1, -0.05) is 55.9 Å². The van der Waals surface area contributed by atoms with Gasteiger partial charge in [0.25, 0.3) is 5.91 Å². The van der Waals surface area contributed by atoms with E-state index < -0.39 is 0 Å². The average Bonchev–Trinajstić information content (AvgIpc) is 3.07. The van der Waals surface area contributed by atoms with Gasteiger partial charge < -0.3 is 4.90 Å². The van der Waals surface area contributed by atoms with Crippen molar-refractivity contribution in [1.29, 1.82) is 0 Å². The van der Waals surface area contributed by atoms with Gasteiger partial charge in [0.1, 0.15) is 5.82 Å². The zero-order chi connectivity index (χ0) is 20.1. The van der Waals surface area contributed by atoms with Gasteiger partial charge in [-0.15, -0.1) is 0 Å². The van der Waals surface area contributed by atoms with Crippen molar-refractivity contribution in [1.82, 2.24) is 14.9 Å². The third-order valence-electron chi connectivity index (χ3n) is 4.45. The van der Waals surface area contributed by atoms with Crippen molar-refractivity contribution in [3.8, 4) is 11.1 Å². The van der Waals surface area contributed by atoms with Crippen molar-refractivity contribution in [2.24, 2.45) is 0 Å². The van der Waals surface area contributed by atoms with Crippen molar-refractivity contribution in [3.05, 3.63) is 77.4 Å². The predicted octanol–water partition coefficient (Wildman–Crippen LogP) is 5.19. The number of hydrogen-bond acceptors (Lipinski definition) is 4. The van der Waals surface area contributed by atoms with Crippen LogP contribution in [0, 0.1) is 5.82 Å². The van der Waals surface area contributed by atoms with Crippen LogP contribution in [0.5, 0.6) is 0 Å². The standard InChI is InChI=1S/C20H16FN3OS.C2H6/c1-26-20-22-9-16(10-23-20)13-6-7-15(18(21)8-13)12-24-11-14-4-2-3-5-17(14)19(24)25;1-2/h2-10H,11-12H2,1H3;1-2H3. The minimum atomic E-state index is -0.333. The number of amides is 1. The van der Waals surface area contributed by atoms with Crippen molar-refractivity contribution < 1.29 is 9.18 Å². The number of rotatable bonds is 4. The Morgan fingerprint density at radius 2 is 1.79 bits per heavy atom. The monoisotopic (exact) mass is 395 g/mol. The highest BCUT2D eigenvalue weighted by Gasteiger charge is 2.27. The fourth-order valence-electron chi connectivity index (χ4n) is 3.07. The lowest BCUT2D eigenvalue weighted by Crippen LogP contribution is -2.23. The maximum absolute atomic E-state index is 14.6. The SMILES string of the molecule is CC.CSc1ncc(-c2ccc(CN3Cc4ccccc4C3=O)c(F)c2)cn1. The molecule has 1 aliphatic rings. The number of hydrogen-bond donors (Lipinski definition) is 0. The van der Waals surface area contributed by atoms with E-state index in [0.29, 0.717) is 22.8 Å². The molecule has 2 aromatic carbocycles. The summed E-state index contributed by atoms with van der Waals surface area (Å²) in [6, 6.07) is 12.5. The van der Waals surface area contributed by atoms with Crippen LogP contribution < -0.4 is 0 Å². The van der Waals surface area contributed by atoms with Gasteiger partial charge in [0.2, 0.25) is 0 Å². The molecule has 0 unspecified atom stereocenters. The summed E-state index contributed by atoms with van der Waals surface area (Å²) < 4.78 is 14.6. The van der Waals surface area contributed by atoms with Crippen LogP contribution in [0.25, 0.3) is 11.1 Å². The van der Waals surface area contributed by atoms with E-state index in [1.165, 1.54) is 17.8 Å². The Balaban J connectivity index is 0.00000109. The van der Waals surface area contributed by atoms with Gasteiger partial charge in [-0.05, 0) is 29.5 Å². The van der Waals surface area contributed by atoms with E-state index in [4.69, 9.17) is 0 Å². The van der Waals surface area contributed by atoms with Crippen LogP contribution in [0.2, 0.25) is 0 Å². The van der Waals surface area contributed by atoms with E-state index in [9.17, 15) is 9.18 Å². The quantitative estimate of drug-likeness (QED) is 0.451. The summed E-state index contributed by atoms with van der Waals surface area (Å²) in [5.41, 5.74) is 3.67. The molecule has 1 amide bonds. The normalized spacial score (nSPS) is 12.4. The molecule has 4 rings (SSSR count). The van der Waals surface area contributed by atoms with E-state index >= 15 is 0 Å². The fourth-order valence-corrected chi connectivity index (χ4v) is 3.39. The molecule has 28 heavy (non-hydrogen) atoms. The number of benzene rings is 2. The lowest BCUT2D eigenvalue weighted by atomic mass is 10.1. The Kier molecular flexibility index (Phi) is 6.41. The smallest absolute Gasteiger partial charge is 0.254 e. The summed E-state index contributed by atoms with van der Waals surface area (Å²) in [4.78, 5) is 22.5. The van der Waals surface area contributed by atoms with E-state index in [1.807, 2.05) is 50.4 Å². The number of carbonyl (C=O) groups is 1. The molecule has 0 saturated heterocycles. The summed E-state index contributed by atoms with van der Waals surface area (Å²) in [5, 5.41) is 0.679. The predicted molar refractivity (Wildman–Crippen MR) is 111 cm³/mol. The van der Waals surface area contributed by atoms with Crippen molar-refractivity contribution in [2.75, 3.05) is 6.26 Å². The van der Waals surface area contributed by atoms with Gasteiger partial charge in [-0.25, -0.2) is 14.4 Å². The Bertz CT molecular complexity index is 976.